The van der Waals surface area contributed by atoms with Crippen LogP contribution in [-0.4, -0.2) is 48.2 Å². The van der Waals surface area contributed by atoms with Gasteiger partial charge in [-0.3, -0.25) is 4.98 Å². The summed E-state index contributed by atoms with van der Waals surface area (Å²) in [6, 6.07) is 19.6. The van der Waals surface area contributed by atoms with Crippen LogP contribution >= 0.6 is 24.0 Å². The van der Waals surface area contributed by atoms with Crippen LogP contribution < -0.4 is 4.90 Å². The summed E-state index contributed by atoms with van der Waals surface area (Å²) in [4.78, 5) is 8.89. The SMILES string of the molecule is CN1CCN(c2ccc(-c3cc(-c4ccncc4)c(-c4ccc(Cl)c(O)c4)o3)cc2)CC1.Cl. The van der Waals surface area contributed by atoms with Gasteiger partial charge in [0, 0.05) is 61.0 Å². The third-order valence-electron chi connectivity index (χ3n) is 5.95. The minimum Gasteiger partial charge on any atom is -0.506 e. The third kappa shape index (κ3) is 4.86. The minimum atomic E-state index is 0. The Morgan fingerprint density at radius 3 is 2.18 bits per heavy atom. The van der Waals surface area contributed by atoms with E-state index < -0.39 is 0 Å². The van der Waals surface area contributed by atoms with Crippen LogP contribution in [0.25, 0.3) is 33.8 Å². The van der Waals surface area contributed by atoms with Crippen LogP contribution in [-0.2, 0) is 0 Å². The number of furan rings is 1. The standard InChI is InChI=1S/C26H24ClN3O2.ClH/c1-29-12-14-30(15-13-29)21-5-2-19(3-6-21)25-17-22(18-8-10-28-11-9-18)26(32-25)20-4-7-23(27)24(31)16-20;/h2-11,16-17,31H,12-15H2,1H3;1H. The highest BCUT2D eigenvalue weighted by Crippen LogP contribution is 2.40. The summed E-state index contributed by atoms with van der Waals surface area (Å²) < 4.78 is 6.34. The summed E-state index contributed by atoms with van der Waals surface area (Å²) in [5.74, 6) is 1.48. The first-order chi connectivity index (χ1) is 15.6. The van der Waals surface area contributed by atoms with Gasteiger partial charge in [0.2, 0.25) is 0 Å². The van der Waals surface area contributed by atoms with Crippen LogP contribution in [0.5, 0.6) is 5.75 Å². The molecule has 0 radical (unpaired) electrons. The van der Waals surface area contributed by atoms with Crippen molar-refractivity contribution in [2.24, 2.45) is 0 Å². The molecule has 2 aromatic heterocycles. The van der Waals surface area contributed by atoms with Crippen molar-refractivity contribution < 1.29 is 9.52 Å². The first-order valence-corrected chi connectivity index (χ1v) is 11.0. The maximum atomic E-state index is 10.1. The number of phenolic OH excluding ortho intramolecular Hbond substituents is 1. The van der Waals surface area contributed by atoms with Gasteiger partial charge in [0.1, 0.15) is 17.3 Å². The molecule has 1 aliphatic heterocycles. The average molecular weight is 482 g/mol. The molecule has 0 unspecified atom stereocenters. The lowest BCUT2D eigenvalue weighted by molar-refractivity contribution is 0.313. The summed E-state index contributed by atoms with van der Waals surface area (Å²) in [7, 11) is 2.16. The number of likely N-dealkylation sites (N-methyl/N-ethyl adjacent to an activating group) is 1. The van der Waals surface area contributed by atoms with E-state index in [1.165, 1.54) is 5.69 Å². The van der Waals surface area contributed by atoms with E-state index in [-0.39, 0.29) is 18.2 Å². The molecule has 0 spiro atoms. The second kappa shape index (κ2) is 9.87. The van der Waals surface area contributed by atoms with Crippen molar-refractivity contribution >= 4 is 29.7 Å². The second-order valence-electron chi connectivity index (χ2n) is 8.09. The lowest BCUT2D eigenvalue weighted by Gasteiger charge is -2.34. The normalized spacial score (nSPS) is 14.2. The molecule has 4 aromatic rings. The minimum absolute atomic E-state index is 0. The van der Waals surface area contributed by atoms with Crippen molar-refractivity contribution in [3.63, 3.8) is 0 Å². The maximum Gasteiger partial charge on any atom is 0.142 e. The highest BCUT2D eigenvalue weighted by molar-refractivity contribution is 6.32. The molecule has 5 nitrogen and oxygen atoms in total. The quantitative estimate of drug-likeness (QED) is 0.375. The predicted molar refractivity (Wildman–Crippen MR) is 136 cm³/mol. The fourth-order valence-corrected chi connectivity index (χ4v) is 4.17. The van der Waals surface area contributed by atoms with E-state index in [4.69, 9.17) is 16.0 Å². The average Bonchev–Trinajstić information content (AvgIpc) is 3.28. The van der Waals surface area contributed by atoms with Gasteiger partial charge in [-0.25, -0.2) is 0 Å². The Morgan fingerprint density at radius 1 is 0.848 bits per heavy atom. The molecule has 7 heteroatoms. The van der Waals surface area contributed by atoms with E-state index in [1.807, 2.05) is 24.3 Å². The number of nitrogens with zero attached hydrogens (tertiary/aromatic N) is 3. The molecule has 0 amide bonds. The van der Waals surface area contributed by atoms with Gasteiger partial charge in [-0.15, -0.1) is 12.4 Å². The van der Waals surface area contributed by atoms with Crippen molar-refractivity contribution in [1.29, 1.82) is 0 Å². The number of pyridine rings is 1. The number of rotatable bonds is 4. The van der Waals surface area contributed by atoms with Crippen molar-refractivity contribution in [3.05, 3.63) is 78.1 Å². The molecule has 5 rings (SSSR count). The van der Waals surface area contributed by atoms with E-state index in [2.05, 4.69) is 46.1 Å². The molecule has 0 aliphatic carbocycles. The van der Waals surface area contributed by atoms with Crippen LogP contribution in [0.3, 0.4) is 0 Å². The van der Waals surface area contributed by atoms with Crippen LogP contribution in [0, 0.1) is 0 Å². The Morgan fingerprint density at radius 2 is 1.52 bits per heavy atom. The molecule has 170 valence electrons. The molecular formula is C26H25Cl2N3O2. The van der Waals surface area contributed by atoms with Gasteiger partial charge in [-0.05, 0) is 73.3 Å². The monoisotopic (exact) mass is 481 g/mol. The Bertz CT molecular complexity index is 1220. The summed E-state index contributed by atoms with van der Waals surface area (Å²) in [5.41, 5.74) is 4.92. The summed E-state index contributed by atoms with van der Waals surface area (Å²) in [5, 5.41) is 10.4. The lowest BCUT2D eigenvalue weighted by atomic mass is 10.0. The Balaban J connectivity index is 0.00000259. The predicted octanol–water partition coefficient (Wildman–Crippen LogP) is 6.21. The molecule has 1 aliphatic rings. The van der Waals surface area contributed by atoms with Crippen molar-refractivity contribution in [2.45, 2.75) is 0 Å². The first-order valence-electron chi connectivity index (χ1n) is 10.7. The van der Waals surface area contributed by atoms with Gasteiger partial charge < -0.3 is 19.3 Å². The largest absolute Gasteiger partial charge is 0.506 e. The van der Waals surface area contributed by atoms with Crippen molar-refractivity contribution in [2.75, 3.05) is 38.1 Å². The van der Waals surface area contributed by atoms with Crippen LogP contribution in [0.1, 0.15) is 0 Å². The topological polar surface area (TPSA) is 52.7 Å². The molecule has 1 fully saturated rings. The van der Waals surface area contributed by atoms with Gasteiger partial charge in [0.25, 0.3) is 0 Å². The number of anilines is 1. The van der Waals surface area contributed by atoms with E-state index in [9.17, 15) is 5.11 Å². The zero-order valence-electron chi connectivity index (χ0n) is 18.2. The van der Waals surface area contributed by atoms with Gasteiger partial charge >= 0.3 is 0 Å². The molecule has 3 heterocycles. The van der Waals surface area contributed by atoms with Gasteiger partial charge in [0.15, 0.2) is 0 Å². The van der Waals surface area contributed by atoms with Gasteiger partial charge in [-0.1, -0.05) is 11.6 Å². The molecule has 0 atom stereocenters. The zero-order valence-corrected chi connectivity index (χ0v) is 19.8. The molecule has 1 saturated heterocycles. The first kappa shape index (κ1) is 23.2. The Hall–Kier alpha value is -2.99. The molecule has 0 bridgehead atoms. The number of benzene rings is 2. The van der Waals surface area contributed by atoms with Crippen molar-refractivity contribution in [1.82, 2.24) is 9.88 Å². The van der Waals surface area contributed by atoms with Crippen molar-refractivity contribution in [3.8, 4) is 39.5 Å². The number of piperazine rings is 1. The fraction of sp³-hybridized carbons (Fsp3) is 0.192. The lowest BCUT2D eigenvalue weighted by Crippen LogP contribution is -2.44. The van der Waals surface area contributed by atoms with Crippen LogP contribution in [0.15, 0.2) is 77.5 Å². The number of halogens is 2. The summed E-state index contributed by atoms with van der Waals surface area (Å²) in [6.07, 6.45) is 3.52. The Kier molecular flexibility index (Phi) is 6.94. The van der Waals surface area contributed by atoms with E-state index >= 15 is 0 Å². The summed E-state index contributed by atoms with van der Waals surface area (Å²) in [6.45, 7) is 4.22. The summed E-state index contributed by atoms with van der Waals surface area (Å²) >= 11 is 6.02. The maximum absolute atomic E-state index is 10.1. The molecular weight excluding hydrogens is 457 g/mol. The van der Waals surface area contributed by atoms with E-state index in [1.54, 1.807) is 24.5 Å². The molecule has 2 aromatic carbocycles. The van der Waals surface area contributed by atoms with Crippen LogP contribution in [0.4, 0.5) is 5.69 Å². The zero-order chi connectivity index (χ0) is 22.1. The number of hydrogen-bond acceptors (Lipinski definition) is 5. The number of aromatic nitrogens is 1. The molecule has 0 saturated carbocycles. The second-order valence-corrected chi connectivity index (χ2v) is 8.50. The van der Waals surface area contributed by atoms with E-state index in [0.29, 0.717) is 10.8 Å². The Labute approximate surface area is 204 Å². The van der Waals surface area contributed by atoms with Crippen LogP contribution in [0.2, 0.25) is 5.02 Å². The number of hydrogen-bond donors (Lipinski definition) is 1. The third-order valence-corrected chi connectivity index (χ3v) is 6.27. The highest BCUT2D eigenvalue weighted by atomic mass is 35.5. The fourth-order valence-electron chi connectivity index (χ4n) is 4.05. The van der Waals surface area contributed by atoms with Gasteiger partial charge in [0.05, 0.1) is 5.02 Å². The molecule has 1 N–H and O–H groups in total. The van der Waals surface area contributed by atoms with E-state index in [0.717, 1.165) is 54.2 Å². The molecule has 33 heavy (non-hydrogen) atoms. The number of phenols is 1. The van der Waals surface area contributed by atoms with Gasteiger partial charge in [-0.2, -0.15) is 0 Å². The number of aromatic hydroxyl groups is 1. The smallest absolute Gasteiger partial charge is 0.142 e. The highest BCUT2D eigenvalue weighted by Gasteiger charge is 2.18.